The summed E-state index contributed by atoms with van der Waals surface area (Å²) < 4.78 is 28.7. The molecule has 2 atom stereocenters. The molecule has 1 aromatic carbocycles. The summed E-state index contributed by atoms with van der Waals surface area (Å²) in [4.78, 5) is 7.67. The third-order valence-electron chi connectivity index (χ3n) is 5.51. The SMILES string of the molecule is Cc1ccccc1S(=O)(=O)c1nc2[nH]ccc2n2c([C@@H]3CC[C@H](N)C3)nnc12.Cl. The van der Waals surface area contributed by atoms with Crippen LogP contribution in [0.1, 0.15) is 36.6 Å². The Labute approximate surface area is 173 Å². The molecule has 3 heterocycles. The Balaban J connectivity index is 0.00000205. The van der Waals surface area contributed by atoms with E-state index in [0.29, 0.717) is 11.2 Å². The third-order valence-corrected chi connectivity index (χ3v) is 7.33. The van der Waals surface area contributed by atoms with Gasteiger partial charge < -0.3 is 10.7 Å². The van der Waals surface area contributed by atoms with Crippen LogP contribution in [0.3, 0.4) is 0 Å². The number of nitrogens with zero attached hydrogens (tertiary/aromatic N) is 4. The van der Waals surface area contributed by atoms with Gasteiger partial charge in [0, 0.05) is 18.2 Å². The number of aromatic amines is 1. The van der Waals surface area contributed by atoms with Crippen molar-refractivity contribution >= 4 is 39.1 Å². The molecule has 1 fully saturated rings. The van der Waals surface area contributed by atoms with Crippen molar-refractivity contribution in [3.05, 3.63) is 47.9 Å². The van der Waals surface area contributed by atoms with E-state index in [1.165, 1.54) is 0 Å². The molecule has 0 spiro atoms. The van der Waals surface area contributed by atoms with Crippen LogP contribution in [0.5, 0.6) is 0 Å². The van der Waals surface area contributed by atoms with Gasteiger partial charge in [-0.15, -0.1) is 22.6 Å². The highest BCUT2D eigenvalue weighted by molar-refractivity contribution is 7.91. The van der Waals surface area contributed by atoms with Gasteiger partial charge in [-0.3, -0.25) is 4.40 Å². The van der Waals surface area contributed by atoms with Crippen LogP contribution in [0.4, 0.5) is 0 Å². The third kappa shape index (κ3) is 3.00. The predicted octanol–water partition coefficient (Wildman–Crippen LogP) is 2.76. The first-order valence-electron chi connectivity index (χ1n) is 9.25. The number of fused-ring (bicyclic) bond motifs is 3. The lowest BCUT2D eigenvalue weighted by Crippen LogP contribution is -2.15. The van der Waals surface area contributed by atoms with Crippen molar-refractivity contribution in [2.75, 3.05) is 0 Å². The van der Waals surface area contributed by atoms with Crippen LogP contribution in [0.2, 0.25) is 0 Å². The molecule has 3 N–H and O–H groups in total. The van der Waals surface area contributed by atoms with Gasteiger partial charge in [0.2, 0.25) is 14.9 Å². The summed E-state index contributed by atoms with van der Waals surface area (Å²) in [5.74, 6) is 0.899. The Morgan fingerprint density at radius 1 is 1.17 bits per heavy atom. The maximum Gasteiger partial charge on any atom is 0.228 e. The number of nitrogens with one attached hydrogen (secondary N) is 1. The fourth-order valence-corrected chi connectivity index (χ4v) is 5.65. The van der Waals surface area contributed by atoms with Gasteiger partial charge in [-0.1, -0.05) is 18.2 Å². The molecule has 5 rings (SSSR count). The summed E-state index contributed by atoms with van der Waals surface area (Å²) >= 11 is 0. The van der Waals surface area contributed by atoms with Gasteiger partial charge in [-0.25, -0.2) is 13.4 Å². The number of aromatic nitrogens is 5. The van der Waals surface area contributed by atoms with E-state index in [1.54, 1.807) is 31.3 Å². The minimum atomic E-state index is -3.87. The van der Waals surface area contributed by atoms with Gasteiger partial charge in [0.15, 0.2) is 11.3 Å². The Bertz CT molecular complexity index is 1310. The molecule has 29 heavy (non-hydrogen) atoms. The van der Waals surface area contributed by atoms with Crippen LogP contribution in [0.15, 0.2) is 46.5 Å². The van der Waals surface area contributed by atoms with Gasteiger partial charge in [-0.2, -0.15) is 0 Å². The molecular weight excluding hydrogens is 412 g/mol. The quantitative estimate of drug-likeness (QED) is 0.513. The topological polar surface area (TPSA) is 119 Å². The smallest absolute Gasteiger partial charge is 0.228 e. The fourth-order valence-electron chi connectivity index (χ4n) is 4.10. The number of rotatable bonds is 3. The maximum atomic E-state index is 13.4. The summed E-state index contributed by atoms with van der Waals surface area (Å²) in [5, 5.41) is 8.54. The number of hydrogen-bond acceptors (Lipinski definition) is 6. The summed E-state index contributed by atoms with van der Waals surface area (Å²) in [6.07, 6.45) is 4.39. The molecule has 0 aliphatic heterocycles. The second-order valence-electron chi connectivity index (χ2n) is 7.38. The lowest BCUT2D eigenvalue weighted by Gasteiger charge is -2.11. The first kappa shape index (κ1) is 19.8. The highest BCUT2D eigenvalue weighted by atomic mass is 35.5. The highest BCUT2D eigenvalue weighted by Crippen LogP contribution is 2.35. The second-order valence-corrected chi connectivity index (χ2v) is 9.22. The van der Waals surface area contributed by atoms with Crippen molar-refractivity contribution in [3.8, 4) is 0 Å². The van der Waals surface area contributed by atoms with E-state index in [9.17, 15) is 8.42 Å². The molecule has 0 radical (unpaired) electrons. The van der Waals surface area contributed by atoms with E-state index in [-0.39, 0.29) is 39.9 Å². The fraction of sp³-hybridized carbons (Fsp3) is 0.316. The van der Waals surface area contributed by atoms with E-state index < -0.39 is 9.84 Å². The molecule has 3 aromatic heterocycles. The zero-order valence-corrected chi connectivity index (χ0v) is 17.4. The maximum absolute atomic E-state index is 13.4. The number of sulfone groups is 1. The first-order chi connectivity index (χ1) is 13.5. The van der Waals surface area contributed by atoms with Gasteiger partial charge in [0.1, 0.15) is 5.82 Å². The number of halogens is 1. The second kappa shape index (κ2) is 7.08. The van der Waals surface area contributed by atoms with Crippen LogP contribution in [0.25, 0.3) is 16.8 Å². The molecular formula is C19H21ClN6O2S. The van der Waals surface area contributed by atoms with Crippen molar-refractivity contribution in [1.82, 2.24) is 24.6 Å². The van der Waals surface area contributed by atoms with E-state index in [0.717, 1.165) is 30.6 Å². The molecule has 1 saturated carbocycles. The van der Waals surface area contributed by atoms with Crippen molar-refractivity contribution in [1.29, 1.82) is 0 Å². The lowest BCUT2D eigenvalue weighted by atomic mass is 10.1. The molecule has 0 unspecified atom stereocenters. The van der Waals surface area contributed by atoms with Crippen LogP contribution in [-0.2, 0) is 9.84 Å². The van der Waals surface area contributed by atoms with Crippen molar-refractivity contribution in [2.45, 2.75) is 48.1 Å². The van der Waals surface area contributed by atoms with Crippen LogP contribution in [0, 0.1) is 6.92 Å². The minimum absolute atomic E-state index is 0. The highest BCUT2D eigenvalue weighted by Gasteiger charge is 2.32. The van der Waals surface area contributed by atoms with Crippen molar-refractivity contribution in [3.63, 3.8) is 0 Å². The molecule has 8 nitrogen and oxygen atoms in total. The average Bonchev–Trinajstić information content (AvgIpc) is 3.39. The monoisotopic (exact) mass is 432 g/mol. The molecule has 0 bridgehead atoms. The van der Waals surface area contributed by atoms with Crippen LogP contribution >= 0.6 is 12.4 Å². The Kier molecular flexibility index (Phi) is 4.84. The summed E-state index contributed by atoms with van der Waals surface area (Å²) in [6, 6.07) is 8.88. The van der Waals surface area contributed by atoms with E-state index >= 15 is 0 Å². The number of nitrogens with two attached hydrogens (primary N) is 1. The first-order valence-corrected chi connectivity index (χ1v) is 10.7. The van der Waals surface area contributed by atoms with Crippen LogP contribution < -0.4 is 5.73 Å². The molecule has 152 valence electrons. The molecule has 10 heteroatoms. The Morgan fingerprint density at radius 3 is 2.69 bits per heavy atom. The largest absolute Gasteiger partial charge is 0.345 e. The number of aryl methyl sites for hydroxylation is 1. The molecule has 0 saturated heterocycles. The number of hydrogen-bond donors (Lipinski definition) is 2. The van der Waals surface area contributed by atoms with Crippen molar-refractivity contribution in [2.24, 2.45) is 5.73 Å². The molecule has 1 aliphatic carbocycles. The molecule has 0 amide bonds. The normalized spacial score (nSPS) is 19.7. The lowest BCUT2D eigenvalue weighted by molar-refractivity contribution is 0.592. The van der Waals surface area contributed by atoms with Gasteiger partial charge in [0.05, 0.1) is 10.4 Å². The van der Waals surface area contributed by atoms with E-state index in [1.807, 2.05) is 16.5 Å². The zero-order valence-electron chi connectivity index (χ0n) is 15.7. The van der Waals surface area contributed by atoms with Crippen molar-refractivity contribution < 1.29 is 8.42 Å². The molecule has 4 aromatic rings. The van der Waals surface area contributed by atoms with Crippen LogP contribution in [-0.4, -0.2) is 39.0 Å². The minimum Gasteiger partial charge on any atom is -0.345 e. The zero-order chi connectivity index (χ0) is 19.5. The Hall–Kier alpha value is -2.49. The standard InChI is InChI=1S/C19H20N6O2S.ClH/c1-11-4-2-3-5-15(11)28(26,27)19-18-24-23-17(12-6-7-13(20)10-12)25(18)14-8-9-21-16(14)22-19;/h2-5,8-9,12-13,21H,6-7,10,20H2,1H3;1H/t12-,13+;/m1./s1. The average molecular weight is 433 g/mol. The number of benzene rings is 1. The number of H-pyrrole nitrogens is 1. The van der Waals surface area contributed by atoms with E-state index in [4.69, 9.17) is 5.73 Å². The van der Waals surface area contributed by atoms with E-state index in [2.05, 4.69) is 20.2 Å². The van der Waals surface area contributed by atoms with Gasteiger partial charge in [0.25, 0.3) is 0 Å². The molecule has 1 aliphatic rings. The van der Waals surface area contributed by atoms with Gasteiger partial charge in [-0.05, 0) is 43.9 Å². The van der Waals surface area contributed by atoms with Gasteiger partial charge >= 0.3 is 0 Å². The summed E-state index contributed by atoms with van der Waals surface area (Å²) in [6.45, 7) is 1.77. The predicted molar refractivity (Wildman–Crippen MR) is 111 cm³/mol. The Morgan fingerprint density at radius 2 is 1.97 bits per heavy atom. The summed E-state index contributed by atoms with van der Waals surface area (Å²) in [5.41, 5.74) is 8.26. The summed E-state index contributed by atoms with van der Waals surface area (Å²) in [7, 11) is -3.87.